The van der Waals surface area contributed by atoms with Gasteiger partial charge in [-0.05, 0) is 31.5 Å². The maximum Gasteiger partial charge on any atom is 0.123 e. The van der Waals surface area contributed by atoms with Crippen LogP contribution < -0.4 is 10.1 Å². The van der Waals surface area contributed by atoms with Gasteiger partial charge in [-0.2, -0.15) is 0 Å². The number of rotatable bonds is 7. The fraction of sp³-hybridized carbons (Fsp3) is 0.538. The molecule has 0 unspecified atom stereocenters. The summed E-state index contributed by atoms with van der Waals surface area (Å²) in [6, 6.07) is 6.12. The predicted octanol–water partition coefficient (Wildman–Crippen LogP) is 2.71. The molecule has 0 aliphatic rings. The molecule has 0 heterocycles. The molecule has 1 atom stereocenters. The van der Waals surface area contributed by atoms with Crippen LogP contribution in [0, 0.1) is 0 Å². The number of ether oxygens (including phenoxy) is 1. The summed E-state index contributed by atoms with van der Waals surface area (Å²) in [5.74, 6) is 0.899. The average molecular weight is 302 g/mol. The molecule has 0 spiro atoms. The van der Waals surface area contributed by atoms with Gasteiger partial charge in [-0.15, -0.1) is 0 Å². The van der Waals surface area contributed by atoms with Crippen molar-refractivity contribution in [3.63, 3.8) is 0 Å². The van der Waals surface area contributed by atoms with Crippen LogP contribution in [0.3, 0.4) is 0 Å². The molecule has 4 heteroatoms. The maximum absolute atomic E-state index is 9.13. The van der Waals surface area contributed by atoms with Gasteiger partial charge in [0.25, 0.3) is 0 Å². The summed E-state index contributed by atoms with van der Waals surface area (Å²) in [5, 5.41) is 12.4. The molecule has 2 N–H and O–H groups in total. The molecule has 0 bridgehead atoms. The average Bonchev–Trinajstić information content (AvgIpc) is 2.34. The van der Waals surface area contributed by atoms with E-state index >= 15 is 0 Å². The fourth-order valence-corrected chi connectivity index (χ4v) is 1.98. The molecule has 0 aliphatic carbocycles. The number of nitrogens with one attached hydrogen (secondary N) is 1. The summed E-state index contributed by atoms with van der Waals surface area (Å²) in [6.07, 6.45) is 0.911. The van der Waals surface area contributed by atoms with E-state index in [4.69, 9.17) is 9.84 Å². The van der Waals surface area contributed by atoms with Crippen LogP contribution in [0.1, 0.15) is 25.8 Å². The lowest BCUT2D eigenvalue weighted by atomic mass is 10.1. The molecule has 3 nitrogen and oxygen atoms in total. The van der Waals surface area contributed by atoms with Crippen molar-refractivity contribution in [3.8, 4) is 5.75 Å². The molecule has 1 aromatic carbocycles. The number of aliphatic hydroxyl groups is 1. The van der Waals surface area contributed by atoms with E-state index in [1.807, 2.05) is 25.1 Å². The number of hydrogen-bond acceptors (Lipinski definition) is 3. The third kappa shape index (κ3) is 4.66. The molecule has 17 heavy (non-hydrogen) atoms. The molecule has 1 rings (SSSR count). The van der Waals surface area contributed by atoms with Crippen molar-refractivity contribution in [1.29, 1.82) is 0 Å². The molecule has 0 saturated carbocycles. The molecule has 0 saturated heterocycles. The topological polar surface area (TPSA) is 41.5 Å². The van der Waals surface area contributed by atoms with Gasteiger partial charge in [-0.1, -0.05) is 22.9 Å². The van der Waals surface area contributed by atoms with E-state index in [2.05, 4.69) is 28.2 Å². The van der Waals surface area contributed by atoms with Crippen LogP contribution in [0.15, 0.2) is 22.7 Å². The predicted molar refractivity (Wildman–Crippen MR) is 73.3 cm³/mol. The highest BCUT2D eigenvalue weighted by molar-refractivity contribution is 9.10. The quantitative estimate of drug-likeness (QED) is 0.814. The Labute approximate surface area is 111 Å². The summed E-state index contributed by atoms with van der Waals surface area (Å²) in [4.78, 5) is 0. The Balaban J connectivity index is 2.70. The lowest BCUT2D eigenvalue weighted by molar-refractivity contribution is 0.237. The van der Waals surface area contributed by atoms with Gasteiger partial charge < -0.3 is 15.2 Å². The zero-order valence-electron chi connectivity index (χ0n) is 10.4. The Kier molecular flexibility index (Phi) is 6.55. The maximum atomic E-state index is 9.13. The molecular weight excluding hydrogens is 282 g/mol. The van der Waals surface area contributed by atoms with E-state index in [0.29, 0.717) is 13.2 Å². The molecule has 1 aromatic rings. The largest absolute Gasteiger partial charge is 0.494 e. The van der Waals surface area contributed by atoms with E-state index in [0.717, 1.165) is 22.2 Å². The number of halogens is 1. The van der Waals surface area contributed by atoms with Crippen molar-refractivity contribution in [2.75, 3.05) is 13.2 Å². The molecule has 0 aliphatic heterocycles. The van der Waals surface area contributed by atoms with E-state index < -0.39 is 0 Å². The van der Waals surface area contributed by atoms with E-state index in [-0.39, 0.29) is 12.6 Å². The zero-order valence-corrected chi connectivity index (χ0v) is 12.0. The first-order valence-corrected chi connectivity index (χ1v) is 6.76. The summed E-state index contributed by atoms with van der Waals surface area (Å²) in [6.45, 7) is 5.55. The number of benzene rings is 1. The van der Waals surface area contributed by atoms with Crippen LogP contribution in [-0.4, -0.2) is 24.4 Å². The minimum atomic E-state index is 0.142. The Morgan fingerprint density at radius 2 is 2.18 bits per heavy atom. The minimum Gasteiger partial charge on any atom is -0.494 e. The highest BCUT2D eigenvalue weighted by atomic mass is 79.9. The van der Waals surface area contributed by atoms with E-state index in [9.17, 15) is 0 Å². The smallest absolute Gasteiger partial charge is 0.123 e. The molecule has 0 amide bonds. The first-order chi connectivity index (χ1) is 8.21. The molecule has 0 radical (unpaired) electrons. The van der Waals surface area contributed by atoms with Gasteiger partial charge in [0.05, 0.1) is 13.2 Å². The van der Waals surface area contributed by atoms with Gasteiger partial charge in [0.15, 0.2) is 0 Å². The van der Waals surface area contributed by atoms with Gasteiger partial charge in [0.1, 0.15) is 5.75 Å². The summed E-state index contributed by atoms with van der Waals surface area (Å²) >= 11 is 3.46. The van der Waals surface area contributed by atoms with Gasteiger partial charge in [0.2, 0.25) is 0 Å². The fourth-order valence-electron chi connectivity index (χ4n) is 1.57. The first-order valence-electron chi connectivity index (χ1n) is 5.96. The van der Waals surface area contributed by atoms with Crippen molar-refractivity contribution in [1.82, 2.24) is 5.32 Å². The van der Waals surface area contributed by atoms with Gasteiger partial charge in [-0.25, -0.2) is 0 Å². The second-order valence-electron chi connectivity index (χ2n) is 3.85. The molecule has 0 fully saturated rings. The summed E-state index contributed by atoms with van der Waals surface area (Å²) < 4.78 is 6.61. The zero-order chi connectivity index (χ0) is 12.7. The van der Waals surface area contributed by atoms with Gasteiger partial charge in [0, 0.05) is 22.6 Å². The second kappa shape index (κ2) is 7.69. The molecule has 0 aromatic heterocycles. The van der Waals surface area contributed by atoms with E-state index in [1.165, 1.54) is 0 Å². The lowest BCUT2D eigenvalue weighted by Crippen LogP contribution is -2.31. The Morgan fingerprint density at radius 1 is 1.41 bits per heavy atom. The van der Waals surface area contributed by atoms with Crippen LogP contribution in [0.5, 0.6) is 5.75 Å². The Bertz CT molecular complexity index is 340. The van der Waals surface area contributed by atoms with Crippen molar-refractivity contribution < 1.29 is 9.84 Å². The van der Waals surface area contributed by atoms with Gasteiger partial charge in [-0.3, -0.25) is 0 Å². The normalized spacial score (nSPS) is 12.5. The van der Waals surface area contributed by atoms with Crippen LogP contribution in [0.4, 0.5) is 0 Å². The second-order valence-corrected chi connectivity index (χ2v) is 4.77. The third-order valence-electron chi connectivity index (χ3n) is 2.62. The van der Waals surface area contributed by atoms with E-state index in [1.54, 1.807) is 0 Å². The van der Waals surface area contributed by atoms with Crippen LogP contribution in [-0.2, 0) is 6.54 Å². The van der Waals surface area contributed by atoms with Crippen LogP contribution >= 0.6 is 15.9 Å². The number of hydrogen-bond donors (Lipinski definition) is 2. The SMILES string of the molecule is CCOc1ccc(Br)cc1CN[C@@H](CC)CO. The molecule has 96 valence electrons. The monoisotopic (exact) mass is 301 g/mol. The van der Waals surface area contributed by atoms with Crippen molar-refractivity contribution in [2.24, 2.45) is 0 Å². The molecular formula is C13H20BrNO2. The minimum absolute atomic E-state index is 0.142. The standard InChI is InChI=1S/C13H20BrNO2/c1-3-12(9-16)15-8-10-7-11(14)5-6-13(10)17-4-2/h5-7,12,15-16H,3-4,8-9H2,1-2H3/t12-/m0/s1. The lowest BCUT2D eigenvalue weighted by Gasteiger charge is -2.16. The first kappa shape index (κ1) is 14.5. The van der Waals surface area contributed by atoms with Gasteiger partial charge >= 0.3 is 0 Å². The Morgan fingerprint density at radius 3 is 2.76 bits per heavy atom. The summed E-state index contributed by atoms with van der Waals surface area (Å²) in [7, 11) is 0. The third-order valence-corrected chi connectivity index (χ3v) is 3.11. The highest BCUT2D eigenvalue weighted by Crippen LogP contribution is 2.23. The highest BCUT2D eigenvalue weighted by Gasteiger charge is 2.07. The number of aliphatic hydroxyl groups excluding tert-OH is 1. The van der Waals surface area contributed by atoms with Crippen molar-refractivity contribution in [2.45, 2.75) is 32.9 Å². The van der Waals surface area contributed by atoms with Crippen LogP contribution in [0.25, 0.3) is 0 Å². The Hall–Kier alpha value is -0.580. The summed E-state index contributed by atoms with van der Waals surface area (Å²) in [5.41, 5.74) is 1.10. The van der Waals surface area contributed by atoms with Crippen LogP contribution in [0.2, 0.25) is 0 Å². The van der Waals surface area contributed by atoms with Crippen molar-refractivity contribution in [3.05, 3.63) is 28.2 Å². The van der Waals surface area contributed by atoms with Crippen molar-refractivity contribution >= 4 is 15.9 Å².